The Morgan fingerprint density at radius 2 is 2.11 bits per heavy atom. The first-order valence-corrected chi connectivity index (χ1v) is 7.01. The maximum absolute atomic E-state index is 4.65. The summed E-state index contributed by atoms with van der Waals surface area (Å²) in [5.41, 5.74) is 4.36. The maximum Gasteiger partial charge on any atom is 0.163 e. The monoisotopic (exact) mass is 258 g/mol. The molecule has 0 amide bonds. The number of thioether (sulfide) groups is 1. The molecular weight excluding hydrogens is 244 g/mol. The molecule has 4 nitrogen and oxygen atoms in total. The van der Waals surface area contributed by atoms with Gasteiger partial charge in [-0.1, -0.05) is 0 Å². The summed E-state index contributed by atoms with van der Waals surface area (Å²) in [6, 6.07) is 4.01. The SMILES string of the molecule is CNc1nc(-c2ccc(C)nc2)nc2c1CSC2. The van der Waals surface area contributed by atoms with Crippen LogP contribution in [0.1, 0.15) is 17.0 Å². The minimum atomic E-state index is 0.758. The minimum absolute atomic E-state index is 0.758. The van der Waals surface area contributed by atoms with Crippen LogP contribution in [0, 0.1) is 6.92 Å². The van der Waals surface area contributed by atoms with Gasteiger partial charge in [0, 0.05) is 41.6 Å². The number of aryl methyl sites for hydroxylation is 1. The van der Waals surface area contributed by atoms with Gasteiger partial charge in [0.2, 0.25) is 0 Å². The minimum Gasteiger partial charge on any atom is -0.373 e. The van der Waals surface area contributed by atoms with E-state index in [1.54, 1.807) is 0 Å². The first kappa shape index (κ1) is 11.5. The number of hydrogen-bond acceptors (Lipinski definition) is 5. The van der Waals surface area contributed by atoms with E-state index >= 15 is 0 Å². The van der Waals surface area contributed by atoms with E-state index in [4.69, 9.17) is 0 Å². The number of nitrogens with zero attached hydrogens (tertiary/aromatic N) is 3. The van der Waals surface area contributed by atoms with Crippen molar-refractivity contribution in [3.8, 4) is 11.4 Å². The van der Waals surface area contributed by atoms with Crippen molar-refractivity contribution in [2.75, 3.05) is 12.4 Å². The average Bonchev–Trinajstić information content (AvgIpc) is 2.86. The Kier molecular flexibility index (Phi) is 2.91. The fourth-order valence-corrected chi connectivity index (χ4v) is 3.03. The van der Waals surface area contributed by atoms with Crippen molar-refractivity contribution in [2.45, 2.75) is 18.4 Å². The van der Waals surface area contributed by atoms with Gasteiger partial charge in [-0.3, -0.25) is 4.98 Å². The fraction of sp³-hybridized carbons (Fsp3) is 0.308. The lowest BCUT2D eigenvalue weighted by molar-refractivity contribution is 1.06. The molecule has 0 aliphatic carbocycles. The van der Waals surface area contributed by atoms with Crippen LogP contribution in [0.3, 0.4) is 0 Å². The third kappa shape index (κ3) is 1.95. The lowest BCUT2D eigenvalue weighted by Gasteiger charge is -2.08. The molecule has 1 aliphatic rings. The molecule has 0 spiro atoms. The summed E-state index contributed by atoms with van der Waals surface area (Å²) in [7, 11) is 1.91. The molecule has 0 atom stereocenters. The Hall–Kier alpha value is -1.62. The number of rotatable bonds is 2. The third-order valence-electron chi connectivity index (χ3n) is 2.98. The standard InChI is InChI=1S/C13H14N4S/c1-8-3-4-9(5-15-8)12-16-11-7-18-6-10(11)13(14-2)17-12/h3-5H,6-7H2,1-2H3,(H,14,16,17). The van der Waals surface area contributed by atoms with Crippen LogP contribution >= 0.6 is 11.8 Å². The van der Waals surface area contributed by atoms with Crippen molar-refractivity contribution >= 4 is 17.6 Å². The van der Waals surface area contributed by atoms with Crippen LogP contribution in [-0.2, 0) is 11.5 Å². The summed E-state index contributed by atoms with van der Waals surface area (Å²) in [5.74, 6) is 3.67. The Balaban J connectivity index is 2.10. The molecule has 0 unspecified atom stereocenters. The van der Waals surface area contributed by atoms with Crippen LogP contribution in [0.5, 0.6) is 0 Å². The highest BCUT2D eigenvalue weighted by Crippen LogP contribution is 2.34. The molecule has 0 aromatic carbocycles. The maximum atomic E-state index is 4.65. The highest BCUT2D eigenvalue weighted by Gasteiger charge is 2.19. The number of anilines is 1. The zero-order valence-electron chi connectivity index (χ0n) is 10.4. The number of hydrogen-bond donors (Lipinski definition) is 1. The number of aromatic nitrogens is 3. The summed E-state index contributed by atoms with van der Waals surface area (Å²) >= 11 is 1.88. The van der Waals surface area contributed by atoms with E-state index in [1.165, 1.54) is 5.56 Å². The second kappa shape index (κ2) is 4.57. The largest absolute Gasteiger partial charge is 0.373 e. The molecular formula is C13H14N4S. The van der Waals surface area contributed by atoms with E-state index in [-0.39, 0.29) is 0 Å². The molecule has 5 heteroatoms. The number of nitrogens with one attached hydrogen (secondary N) is 1. The second-order valence-corrected chi connectivity index (χ2v) is 5.24. The zero-order chi connectivity index (χ0) is 12.5. The molecule has 92 valence electrons. The first-order chi connectivity index (χ1) is 8.78. The van der Waals surface area contributed by atoms with E-state index in [0.29, 0.717) is 0 Å². The van der Waals surface area contributed by atoms with Crippen molar-refractivity contribution in [3.05, 3.63) is 35.3 Å². The Morgan fingerprint density at radius 3 is 2.83 bits per heavy atom. The molecule has 0 bridgehead atoms. The molecule has 2 aromatic rings. The van der Waals surface area contributed by atoms with Crippen LogP contribution in [0.2, 0.25) is 0 Å². The normalized spacial score (nSPS) is 13.4. The van der Waals surface area contributed by atoms with E-state index in [1.807, 2.05) is 44.1 Å². The topological polar surface area (TPSA) is 50.7 Å². The highest BCUT2D eigenvalue weighted by atomic mass is 32.2. The molecule has 18 heavy (non-hydrogen) atoms. The first-order valence-electron chi connectivity index (χ1n) is 5.86. The van der Waals surface area contributed by atoms with E-state index in [2.05, 4.69) is 20.3 Å². The van der Waals surface area contributed by atoms with E-state index in [0.717, 1.165) is 40.1 Å². The predicted octanol–water partition coefficient (Wildman–Crippen LogP) is 2.64. The van der Waals surface area contributed by atoms with Crippen LogP contribution in [0.4, 0.5) is 5.82 Å². The zero-order valence-corrected chi connectivity index (χ0v) is 11.2. The van der Waals surface area contributed by atoms with Crippen LogP contribution in [0.25, 0.3) is 11.4 Å². The van der Waals surface area contributed by atoms with Crippen LogP contribution in [-0.4, -0.2) is 22.0 Å². The van der Waals surface area contributed by atoms with Crippen LogP contribution < -0.4 is 5.32 Å². The molecule has 1 N–H and O–H groups in total. The van der Waals surface area contributed by atoms with Crippen molar-refractivity contribution < 1.29 is 0 Å². The summed E-state index contributed by atoms with van der Waals surface area (Å²) in [4.78, 5) is 13.5. The van der Waals surface area contributed by atoms with E-state index < -0.39 is 0 Å². The number of pyridine rings is 1. The van der Waals surface area contributed by atoms with Gasteiger partial charge in [0.05, 0.1) is 5.69 Å². The lowest BCUT2D eigenvalue weighted by Crippen LogP contribution is -2.03. The summed E-state index contributed by atoms with van der Waals surface area (Å²) in [6.45, 7) is 1.98. The quantitative estimate of drug-likeness (QED) is 0.897. The average molecular weight is 258 g/mol. The molecule has 0 fully saturated rings. The lowest BCUT2D eigenvalue weighted by atomic mass is 10.2. The second-order valence-electron chi connectivity index (χ2n) is 4.25. The molecule has 2 aromatic heterocycles. The Labute approximate surface area is 110 Å². The molecule has 1 aliphatic heterocycles. The summed E-state index contributed by atoms with van der Waals surface area (Å²) < 4.78 is 0. The van der Waals surface area contributed by atoms with Gasteiger partial charge < -0.3 is 5.32 Å². The Bertz CT molecular complexity index is 580. The molecule has 0 saturated carbocycles. The highest BCUT2D eigenvalue weighted by molar-refractivity contribution is 7.98. The third-order valence-corrected chi connectivity index (χ3v) is 3.95. The smallest absolute Gasteiger partial charge is 0.163 e. The van der Waals surface area contributed by atoms with Crippen molar-refractivity contribution in [1.29, 1.82) is 0 Å². The van der Waals surface area contributed by atoms with Crippen LogP contribution in [0.15, 0.2) is 18.3 Å². The molecule has 3 rings (SSSR count). The van der Waals surface area contributed by atoms with Gasteiger partial charge in [0.25, 0.3) is 0 Å². The van der Waals surface area contributed by atoms with Crippen molar-refractivity contribution in [1.82, 2.24) is 15.0 Å². The van der Waals surface area contributed by atoms with Gasteiger partial charge in [-0.2, -0.15) is 11.8 Å². The predicted molar refractivity (Wildman–Crippen MR) is 74.5 cm³/mol. The summed E-state index contributed by atoms with van der Waals surface area (Å²) in [6.07, 6.45) is 1.83. The van der Waals surface area contributed by atoms with Gasteiger partial charge in [-0.15, -0.1) is 0 Å². The fourth-order valence-electron chi connectivity index (χ4n) is 1.99. The van der Waals surface area contributed by atoms with E-state index in [9.17, 15) is 0 Å². The van der Waals surface area contributed by atoms with Gasteiger partial charge in [0.1, 0.15) is 5.82 Å². The van der Waals surface area contributed by atoms with Gasteiger partial charge in [-0.05, 0) is 19.1 Å². The summed E-state index contributed by atoms with van der Waals surface area (Å²) in [5, 5.41) is 3.16. The van der Waals surface area contributed by atoms with Crippen molar-refractivity contribution in [3.63, 3.8) is 0 Å². The number of fused-ring (bicyclic) bond motifs is 1. The van der Waals surface area contributed by atoms with Gasteiger partial charge in [0.15, 0.2) is 5.82 Å². The molecule has 0 radical (unpaired) electrons. The molecule has 3 heterocycles. The molecule has 0 saturated heterocycles. The van der Waals surface area contributed by atoms with Crippen molar-refractivity contribution in [2.24, 2.45) is 0 Å². The Morgan fingerprint density at radius 1 is 1.22 bits per heavy atom. The van der Waals surface area contributed by atoms with Gasteiger partial charge in [-0.25, -0.2) is 9.97 Å². The van der Waals surface area contributed by atoms with Gasteiger partial charge >= 0.3 is 0 Å².